The number of rotatable bonds is 6. The predicted octanol–water partition coefficient (Wildman–Crippen LogP) is 1.40. The molecule has 2 rings (SSSR count). The van der Waals surface area contributed by atoms with Gasteiger partial charge in [0.25, 0.3) is 0 Å². The Bertz CT molecular complexity index is 564. The number of nitrogens with one attached hydrogen (secondary N) is 1. The van der Waals surface area contributed by atoms with Crippen LogP contribution in [-0.2, 0) is 4.79 Å². The van der Waals surface area contributed by atoms with Crippen molar-refractivity contribution in [3.05, 3.63) is 42.5 Å². The SMILES string of the molecule is CNCCC(=O)N(C)C(C)c1ccc(-n2cncn2)cc1. The zero-order valence-electron chi connectivity index (χ0n) is 12.7. The van der Waals surface area contributed by atoms with Crippen LogP contribution in [0.5, 0.6) is 0 Å². The molecule has 2 aromatic rings. The summed E-state index contributed by atoms with van der Waals surface area (Å²) in [5.41, 5.74) is 2.05. The van der Waals surface area contributed by atoms with Crippen molar-refractivity contribution in [2.45, 2.75) is 19.4 Å². The van der Waals surface area contributed by atoms with E-state index in [1.54, 1.807) is 15.9 Å². The fourth-order valence-electron chi connectivity index (χ4n) is 2.10. The van der Waals surface area contributed by atoms with E-state index in [0.29, 0.717) is 13.0 Å². The normalized spacial score (nSPS) is 12.1. The van der Waals surface area contributed by atoms with Gasteiger partial charge in [-0.1, -0.05) is 12.1 Å². The summed E-state index contributed by atoms with van der Waals surface area (Å²) in [4.78, 5) is 17.7. The summed E-state index contributed by atoms with van der Waals surface area (Å²) in [6, 6.07) is 8.03. The molecule has 1 atom stereocenters. The second-order valence-corrected chi connectivity index (χ2v) is 4.97. The first-order valence-corrected chi connectivity index (χ1v) is 6.98. The van der Waals surface area contributed by atoms with E-state index in [1.807, 2.05) is 45.3 Å². The highest BCUT2D eigenvalue weighted by molar-refractivity contribution is 5.76. The van der Waals surface area contributed by atoms with Crippen LogP contribution >= 0.6 is 0 Å². The molecule has 0 saturated heterocycles. The minimum Gasteiger partial charge on any atom is -0.339 e. The highest BCUT2D eigenvalue weighted by Crippen LogP contribution is 2.20. The van der Waals surface area contributed by atoms with Crippen LogP contribution in [0.1, 0.15) is 24.9 Å². The standard InChI is InChI=1S/C15H21N5O/c1-12(19(3)15(21)8-9-16-2)13-4-6-14(7-5-13)20-11-17-10-18-20/h4-7,10-12,16H,8-9H2,1-3H3. The Kier molecular flexibility index (Phi) is 5.05. The van der Waals surface area contributed by atoms with Gasteiger partial charge in [-0.25, -0.2) is 9.67 Å². The van der Waals surface area contributed by atoms with Crippen LogP contribution in [0, 0.1) is 0 Å². The molecule has 0 aliphatic rings. The maximum Gasteiger partial charge on any atom is 0.224 e. The molecule has 1 unspecified atom stereocenters. The van der Waals surface area contributed by atoms with Crippen LogP contribution in [-0.4, -0.2) is 46.2 Å². The van der Waals surface area contributed by atoms with E-state index in [2.05, 4.69) is 15.4 Å². The fraction of sp³-hybridized carbons (Fsp3) is 0.400. The maximum absolute atomic E-state index is 12.0. The van der Waals surface area contributed by atoms with E-state index in [-0.39, 0.29) is 11.9 Å². The topological polar surface area (TPSA) is 63.1 Å². The third-order valence-electron chi connectivity index (χ3n) is 3.62. The molecule has 0 radical (unpaired) electrons. The molecule has 6 nitrogen and oxygen atoms in total. The van der Waals surface area contributed by atoms with Gasteiger partial charge >= 0.3 is 0 Å². The molecule has 0 saturated carbocycles. The number of amides is 1. The highest BCUT2D eigenvalue weighted by Gasteiger charge is 2.16. The van der Waals surface area contributed by atoms with Crippen molar-refractivity contribution in [2.75, 3.05) is 20.6 Å². The number of hydrogen-bond donors (Lipinski definition) is 1. The van der Waals surface area contributed by atoms with Crippen LogP contribution < -0.4 is 5.32 Å². The molecule has 0 spiro atoms. The number of benzene rings is 1. The lowest BCUT2D eigenvalue weighted by atomic mass is 10.1. The Morgan fingerprint density at radius 1 is 1.38 bits per heavy atom. The second-order valence-electron chi connectivity index (χ2n) is 4.97. The van der Waals surface area contributed by atoms with E-state index < -0.39 is 0 Å². The smallest absolute Gasteiger partial charge is 0.224 e. The summed E-state index contributed by atoms with van der Waals surface area (Å²) in [5, 5.41) is 7.08. The predicted molar refractivity (Wildman–Crippen MR) is 81.1 cm³/mol. The van der Waals surface area contributed by atoms with Crippen molar-refractivity contribution >= 4 is 5.91 Å². The summed E-state index contributed by atoms with van der Waals surface area (Å²) in [7, 11) is 3.69. The van der Waals surface area contributed by atoms with Gasteiger partial charge in [0.1, 0.15) is 12.7 Å². The molecule has 21 heavy (non-hydrogen) atoms. The van der Waals surface area contributed by atoms with Gasteiger partial charge in [0.2, 0.25) is 5.91 Å². The van der Waals surface area contributed by atoms with Gasteiger partial charge in [-0.3, -0.25) is 4.79 Å². The van der Waals surface area contributed by atoms with E-state index in [9.17, 15) is 4.79 Å². The number of aromatic nitrogens is 3. The number of nitrogens with zero attached hydrogens (tertiary/aromatic N) is 4. The van der Waals surface area contributed by atoms with Crippen LogP contribution in [0.15, 0.2) is 36.9 Å². The number of hydrogen-bond acceptors (Lipinski definition) is 4. The molecule has 1 heterocycles. The molecular weight excluding hydrogens is 266 g/mol. The second kappa shape index (κ2) is 6.99. The number of carbonyl (C=O) groups excluding carboxylic acids is 1. The van der Waals surface area contributed by atoms with Gasteiger partial charge in [-0.15, -0.1) is 0 Å². The van der Waals surface area contributed by atoms with Crippen molar-refractivity contribution in [3.8, 4) is 5.69 Å². The molecule has 1 aromatic carbocycles. The highest BCUT2D eigenvalue weighted by atomic mass is 16.2. The zero-order chi connectivity index (χ0) is 15.2. The van der Waals surface area contributed by atoms with E-state index >= 15 is 0 Å². The average Bonchev–Trinajstić information content (AvgIpc) is 3.05. The van der Waals surface area contributed by atoms with Crippen LogP contribution in [0.3, 0.4) is 0 Å². The van der Waals surface area contributed by atoms with Crippen LogP contribution in [0.25, 0.3) is 5.69 Å². The van der Waals surface area contributed by atoms with Crippen molar-refractivity contribution in [1.29, 1.82) is 0 Å². The monoisotopic (exact) mass is 287 g/mol. The lowest BCUT2D eigenvalue weighted by Crippen LogP contribution is -2.31. The van der Waals surface area contributed by atoms with E-state index in [1.165, 1.54) is 6.33 Å². The van der Waals surface area contributed by atoms with Gasteiger partial charge < -0.3 is 10.2 Å². The lowest BCUT2D eigenvalue weighted by molar-refractivity contribution is -0.131. The fourth-order valence-corrected chi connectivity index (χ4v) is 2.10. The quantitative estimate of drug-likeness (QED) is 0.872. The molecule has 6 heteroatoms. The molecule has 112 valence electrons. The maximum atomic E-state index is 12.0. The molecule has 1 N–H and O–H groups in total. The third kappa shape index (κ3) is 3.66. The van der Waals surface area contributed by atoms with Gasteiger partial charge in [0.05, 0.1) is 11.7 Å². The van der Waals surface area contributed by atoms with Gasteiger partial charge in [0.15, 0.2) is 0 Å². The van der Waals surface area contributed by atoms with E-state index in [4.69, 9.17) is 0 Å². The Balaban J connectivity index is 2.05. The molecular formula is C15H21N5O. The van der Waals surface area contributed by atoms with Crippen molar-refractivity contribution in [2.24, 2.45) is 0 Å². The zero-order valence-corrected chi connectivity index (χ0v) is 12.7. The van der Waals surface area contributed by atoms with Crippen molar-refractivity contribution in [1.82, 2.24) is 25.0 Å². The largest absolute Gasteiger partial charge is 0.339 e. The summed E-state index contributed by atoms with van der Waals surface area (Å²) in [6.07, 6.45) is 3.67. The first-order valence-electron chi connectivity index (χ1n) is 6.98. The van der Waals surface area contributed by atoms with E-state index in [0.717, 1.165) is 11.3 Å². The van der Waals surface area contributed by atoms with Gasteiger partial charge in [-0.2, -0.15) is 5.10 Å². The lowest BCUT2D eigenvalue weighted by Gasteiger charge is -2.25. The number of carbonyl (C=O) groups is 1. The van der Waals surface area contributed by atoms with Crippen LogP contribution in [0.4, 0.5) is 0 Å². The first kappa shape index (κ1) is 15.2. The van der Waals surface area contributed by atoms with Crippen LogP contribution in [0.2, 0.25) is 0 Å². The third-order valence-corrected chi connectivity index (χ3v) is 3.62. The minimum atomic E-state index is 0.0409. The molecule has 1 amide bonds. The van der Waals surface area contributed by atoms with Crippen molar-refractivity contribution in [3.63, 3.8) is 0 Å². The van der Waals surface area contributed by atoms with Crippen molar-refractivity contribution < 1.29 is 4.79 Å². The molecule has 1 aromatic heterocycles. The molecule has 0 bridgehead atoms. The van der Waals surface area contributed by atoms with Gasteiger partial charge in [-0.05, 0) is 31.7 Å². The first-order chi connectivity index (χ1) is 10.1. The Morgan fingerprint density at radius 2 is 2.10 bits per heavy atom. The molecule has 0 fully saturated rings. The summed E-state index contributed by atoms with van der Waals surface area (Å²) >= 11 is 0. The Morgan fingerprint density at radius 3 is 2.67 bits per heavy atom. The molecule has 0 aliphatic carbocycles. The Hall–Kier alpha value is -2.21. The minimum absolute atomic E-state index is 0.0409. The summed E-state index contributed by atoms with van der Waals surface area (Å²) < 4.78 is 1.70. The summed E-state index contributed by atoms with van der Waals surface area (Å²) in [5.74, 6) is 0.136. The average molecular weight is 287 g/mol. The molecule has 0 aliphatic heterocycles. The summed E-state index contributed by atoms with van der Waals surface area (Å²) in [6.45, 7) is 2.73. The van der Waals surface area contributed by atoms with Gasteiger partial charge in [0, 0.05) is 20.0 Å². The Labute approximate surface area is 124 Å².